The molecule has 1 N–H and O–H groups in total. The van der Waals surface area contributed by atoms with E-state index in [0.29, 0.717) is 68.8 Å². The summed E-state index contributed by atoms with van der Waals surface area (Å²) in [5.41, 5.74) is 1.19. The van der Waals surface area contributed by atoms with E-state index in [0.717, 1.165) is 25.2 Å². The zero-order valence-corrected chi connectivity index (χ0v) is 21.0. The predicted octanol–water partition coefficient (Wildman–Crippen LogP) is 3.00. The number of carbonyl (C=O) groups is 2. The molecule has 0 spiro atoms. The molecule has 0 aromatic heterocycles. The van der Waals surface area contributed by atoms with Gasteiger partial charge < -0.3 is 29.0 Å². The zero-order valence-electron chi connectivity index (χ0n) is 21.0. The van der Waals surface area contributed by atoms with Gasteiger partial charge in [-0.15, -0.1) is 0 Å². The molecule has 9 nitrogen and oxygen atoms in total. The molecule has 3 heterocycles. The van der Waals surface area contributed by atoms with Crippen LogP contribution in [0.4, 0.5) is 0 Å². The summed E-state index contributed by atoms with van der Waals surface area (Å²) >= 11 is 0. The van der Waals surface area contributed by atoms with Crippen LogP contribution in [-0.4, -0.2) is 85.8 Å². The van der Waals surface area contributed by atoms with E-state index in [2.05, 4.69) is 4.90 Å². The minimum Gasteiger partial charge on any atom is -0.507 e. The summed E-state index contributed by atoms with van der Waals surface area (Å²) in [6.45, 7) is 7.58. The minimum atomic E-state index is -0.714. The third-order valence-electron chi connectivity index (χ3n) is 6.84. The molecule has 2 fully saturated rings. The summed E-state index contributed by atoms with van der Waals surface area (Å²) in [5, 5.41) is 11.4. The van der Waals surface area contributed by atoms with Crippen LogP contribution in [0.2, 0.25) is 0 Å². The van der Waals surface area contributed by atoms with Crippen molar-refractivity contribution in [3.63, 3.8) is 0 Å². The molecule has 3 aliphatic rings. The lowest BCUT2D eigenvalue weighted by atomic mass is 9.95. The molecule has 0 unspecified atom stereocenters. The fourth-order valence-electron chi connectivity index (χ4n) is 5.01. The Labute approximate surface area is 216 Å². The fraction of sp³-hybridized carbons (Fsp3) is 0.429. The van der Waals surface area contributed by atoms with Crippen LogP contribution in [0.1, 0.15) is 30.5 Å². The molecule has 0 aliphatic carbocycles. The first kappa shape index (κ1) is 25.1. The average molecular weight is 509 g/mol. The number of carbonyl (C=O) groups excluding carboxylic acids is 2. The molecular formula is C28H32N2O7. The molecule has 2 aromatic rings. The molecular weight excluding hydrogens is 476 g/mol. The van der Waals surface area contributed by atoms with E-state index in [1.807, 2.05) is 31.2 Å². The Morgan fingerprint density at radius 2 is 1.70 bits per heavy atom. The number of hydrogen-bond acceptors (Lipinski definition) is 8. The molecule has 2 saturated heterocycles. The van der Waals surface area contributed by atoms with Crippen LogP contribution in [0.5, 0.6) is 17.2 Å². The number of morpholine rings is 1. The Morgan fingerprint density at radius 3 is 2.43 bits per heavy atom. The van der Waals surface area contributed by atoms with Crippen LogP contribution >= 0.6 is 0 Å². The number of likely N-dealkylation sites (tertiary alicyclic amines) is 1. The van der Waals surface area contributed by atoms with Crippen LogP contribution in [0.3, 0.4) is 0 Å². The van der Waals surface area contributed by atoms with Crippen molar-refractivity contribution in [1.29, 1.82) is 0 Å². The molecule has 9 heteroatoms. The number of aliphatic hydroxyl groups is 1. The molecule has 37 heavy (non-hydrogen) atoms. The van der Waals surface area contributed by atoms with Gasteiger partial charge in [0.15, 0.2) is 11.5 Å². The number of rotatable bonds is 8. The molecule has 2 aromatic carbocycles. The fourth-order valence-corrected chi connectivity index (χ4v) is 5.01. The molecule has 0 saturated carbocycles. The van der Waals surface area contributed by atoms with Crippen LogP contribution in [0.25, 0.3) is 5.76 Å². The average Bonchev–Trinajstić information content (AvgIpc) is 3.18. The quantitative estimate of drug-likeness (QED) is 0.330. The third kappa shape index (κ3) is 5.28. The van der Waals surface area contributed by atoms with E-state index < -0.39 is 17.7 Å². The molecule has 0 bridgehead atoms. The normalized spacial score (nSPS) is 21.3. The largest absolute Gasteiger partial charge is 0.507 e. The maximum atomic E-state index is 13.3. The van der Waals surface area contributed by atoms with Gasteiger partial charge in [0, 0.05) is 31.7 Å². The number of amides is 1. The summed E-state index contributed by atoms with van der Waals surface area (Å²) in [4.78, 5) is 30.4. The van der Waals surface area contributed by atoms with Crippen LogP contribution in [0, 0.1) is 0 Å². The Bertz CT molecular complexity index is 1170. The van der Waals surface area contributed by atoms with E-state index in [4.69, 9.17) is 18.9 Å². The highest BCUT2D eigenvalue weighted by Crippen LogP contribution is 2.41. The predicted molar refractivity (Wildman–Crippen MR) is 136 cm³/mol. The summed E-state index contributed by atoms with van der Waals surface area (Å²) in [5.74, 6) is 0.229. The number of fused-ring (bicyclic) bond motifs is 1. The topological polar surface area (TPSA) is 97.8 Å². The monoisotopic (exact) mass is 508 g/mol. The van der Waals surface area contributed by atoms with Crippen molar-refractivity contribution < 1.29 is 33.6 Å². The van der Waals surface area contributed by atoms with Gasteiger partial charge in [0.2, 0.25) is 0 Å². The number of ketones is 1. The highest BCUT2D eigenvalue weighted by Gasteiger charge is 2.46. The summed E-state index contributed by atoms with van der Waals surface area (Å²) in [6.07, 6.45) is 0.699. The van der Waals surface area contributed by atoms with Gasteiger partial charge in [0.05, 0.1) is 31.4 Å². The first-order valence-corrected chi connectivity index (χ1v) is 12.8. The Balaban J connectivity index is 1.48. The van der Waals surface area contributed by atoms with Crippen LogP contribution in [-0.2, 0) is 14.3 Å². The maximum absolute atomic E-state index is 13.3. The van der Waals surface area contributed by atoms with Crippen molar-refractivity contribution in [2.24, 2.45) is 0 Å². The van der Waals surface area contributed by atoms with Gasteiger partial charge in [0.25, 0.3) is 11.7 Å². The Kier molecular flexibility index (Phi) is 7.62. The van der Waals surface area contributed by atoms with E-state index in [-0.39, 0.29) is 11.3 Å². The van der Waals surface area contributed by atoms with Gasteiger partial charge in [-0.25, -0.2) is 0 Å². The molecule has 5 rings (SSSR count). The Hall–Kier alpha value is -3.56. The lowest BCUT2D eigenvalue weighted by Gasteiger charge is -2.29. The van der Waals surface area contributed by atoms with Crippen molar-refractivity contribution in [1.82, 2.24) is 9.80 Å². The minimum absolute atomic E-state index is 0.0669. The highest BCUT2D eigenvalue weighted by atomic mass is 16.6. The maximum Gasteiger partial charge on any atom is 0.295 e. The SMILES string of the molecule is CCOc1ccc([C@@H]2C(=C(O)c3ccc4c(c3)OCCO4)C(=O)C(=O)N2CCCN2CCOCC2)cc1. The van der Waals surface area contributed by atoms with E-state index in [1.165, 1.54) is 0 Å². The van der Waals surface area contributed by atoms with Crippen molar-refractivity contribution in [2.75, 3.05) is 59.2 Å². The van der Waals surface area contributed by atoms with E-state index in [9.17, 15) is 14.7 Å². The van der Waals surface area contributed by atoms with Crippen LogP contribution < -0.4 is 14.2 Å². The number of Topliss-reactive ketones (excluding diaryl/α,β-unsaturated/α-hetero) is 1. The highest BCUT2D eigenvalue weighted by molar-refractivity contribution is 6.46. The number of nitrogens with zero attached hydrogens (tertiary/aromatic N) is 2. The molecule has 0 radical (unpaired) electrons. The lowest BCUT2D eigenvalue weighted by molar-refractivity contribution is -0.140. The zero-order chi connectivity index (χ0) is 25.8. The van der Waals surface area contributed by atoms with Gasteiger partial charge in [0.1, 0.15) is 24.7 Å². The smallest absolute Gasteiger partial charge is 0.295 e. The van der Waals surface area contributed by atoms with Crippen LogP contribution in [0.15, 0.2) is 48.0 Å². The number of ether oxygens (including phenoxy) is 4. The van der Waals surface area contributed by atoms with Gasteiger partial charge in [-0.2, -0.15) is 0 Å². The Morgan fingerprint density at radius 1 is 0.973 bits per heavy atom. The molecule has 3 aliphatic heterocycles. The van der Waals surface area contributed by atoms with Crippen molar-refractivity contribution in [3.8, 4) is 17.2 Å². The first-order chi connectivity index (χ1) is 18.1. The first-order valence-electron chi connectivity index (χ1n) is 12.8. The van der Waals surface area contributed by atoms with Crippen molar-refractivity contribution in [3.05, 3.63) is 59.2 Å². The summed E-state index contributed by atoms with van der Waals surface area (Å²) < 4.78 is 22.2. The van der Waals surface area contributed by atoms with Gasteiger partial charge in [-0.1, -0.05) is 12.1 Å². The molecule has 196 valence electrons. The van der Waals surface area contributed by atoms with Gasteiger partial charge >= 0.3 is 0 Å². The number of aliphatic hydroxyl groups excluding tert-OH is 1. The van der Waals surface area contributed by atoms with E-state index in [1.54, 1.807) is 23.1 Å². The van der Waals surface area contributed by atoms with Crippen molar-refractivity contribution >= 4 is 17.4 Å². The summed E-state index contributed by atoms with van der Waals surface area (Å²) in [6, 6.07) is 11.6. The standard InChI is InChI=1S/C28H32N2O7/c1-2-35-21-7-4-19(5-8-21)25-24(26(31)20-6-9-22-23(18-20)37-17-16-36-22)27(32)28(33)30(25)11-3-10-29-12-14-34-15-13-29/h4-9,18,25,31H,2-3,10-17H2,1H3/t25-/m1/s1. The third-order valence-corrected chi connectivity index (χ3v) is 6.84. The second-order valence-electron chi connectivity index (χ2n) is 9.16. The second kappa shape index (κ2) is 11.2. The van der Waals surface area contributed by atoms with Gasteiger partial charge in [-0.05, 0) is 49.2 Å². The number of hydrogen-bond donors (Lipinski definition) is 1. The lowest BCUT2D eigenvalue weighted by Crippen LogP contribution is -2.38. The van der Waals surface area contributed by atoms with Gasteiger partial charge in [-0.3, -0.25) is 14.5 Å². The summed E-state index contributed by atoms with van der Waals surface area (Å²) in [7, 11) is 0. The molecule has 1 amide bonds. The molecule has 1 atom stereocenters. The number of benzene rings is 2. The van der Waals surface area contributed by atoms with E-state index >= 15 is 0 Å². The second-order valence-corrected chi connectivity index (χ2v) is 9.16. The van der Waals surface area contributed by atoms with Crippen molar-refractivity contribution in [2.45, 2.75) is 19.4 Å².